The summed E-state index contributed by atoms with van der Waals surface area (Å²) in [6.07, 6.45) is 0. The highest BCUT2D eigenvalue weighted by Crippen LogP contribution is 2.22. The molecular formula is C16H17ClN2O3S. The van der Waals surface area contributed by atoms with Crippen molar-refractivity contribution in [2.24, 2.45) is 0 Å². The summed E-state index contributed by atoms with van der Waals surface area (Å²) in [6.45, 7) is 0.277. The highest BCUT2D eigenvalue weighted by atomic mass is 35.5. The lowest BCUT2D eigenvalue weighted by Gasteiger charge is -2.13. The van der Waals surface area contributed by atoms with Crippen molar-refractivity contribution in [1.82, 2.24) is 10.2 Å². The number of amides is 2. The van der Waals surface area contributed by atoms with Gasteiger partial charge in [0, 0.05) is 19.0 Å². The van der Waals surface area contributed by atoms with Crippen LogP contribution >= 0.6 is 22.9 Å². The van der Waals surface area contributed by atoms with Crippen molar-refractivity contribution >= 4 is 34.8 Å². The summed E-state index contributed by atoms with van der Waals surface area (Å²) in [5.41, 5.74) is 0.390. The van der Waals surface area contributed by atoms with Crippen molar-refractivity contribution in [2.45, 2.75) is 6.54 Å². The Morgan fingerprint density at radius 2 is 1.96 bits per heavy atom. The molecule has 0 saturated carbocycles. The molecule has 2 amide bonds. The monoisotopic (exact) mass is 352 g/mol. The molecule has 2 aromatic rings. The van der Waals surface area contributed by atoms with E-state index in [0.717, 1.165) is 4.88 Å². The Kier molecular flexibility index (Phi) is 6.01. The van der Waals surface area contributed by atoms with Crippen LogP contribution in [-0.4, -0.2) is 37.4 Å². The number of hydrogen-bond acceptors (Lipinski definition) is 4. The van der Waals surface area contributed by atoms with Crippen molar-refractivity contribution in [3.8, 4) is 5.75 Å². The first-order valence-corrected chi connectivity index (χ1v) is 8.11. The van der Waals surface area contributed by atoms with Gasteiger partial charge in [-0.05, 0) is 24.3 Å². The maximum atomic E-state index is 12.3. The Balaban J connectivity index is 2.00. The van der Waals surface area contributed by atoms with E-state index in [1.807, 2.05) is 6.07 Å². The van der Waals surface area contributed by atoms with Crippen molar-refractivity contribution in [3.63, 3.8) is 0 Å². The molecule has 23 heavy (non-hydrogen) atoms. The molecule has 1 N–H and O–H groups in total. The summed E-state index contributed by atoms with van der Waals surface area (Å²) < 4.78 is 6.15. The third-order valence-electron chi connectivity index (χ3n) is 3.03. The number of para-hydroxylation sites is 1. The van der Waals surface area contributed by atoms with Gasteiger partial charge in [-0.1, -0.05) is 23.7 Å². The Morgan fingerprint density at radius 1 is 1.22 bits per heavy atom. The molecule has 7 heteroatoms. The van der Waals surface area contributed by atoms with Crippen LogP contribution < -0.4 is 10.1 Å². The van der Waals surface area contributed by atoms with Crippen LogP contribution in [0.2, 0.25) is 4.34 Å². The zero-order valence-corrected chi connectivity index (χ0v) is 14.4. The number of carbonyl (C=O) groups is 2. The predicted molar refractivity (Wildman–Crippen MR) is 91.1 cm³/mol. The molecule has 0 radical (unpaired) electrons. The first-order chi connectivity index (χ1) is 11.0. The molecule has 1 aromatic heterocycles. The van der Waals surface area contributed by atoms with Gasteiger partial charge in [-0.3, -0.25) is 9.59 Å². The minimum absolute atomic E-state index is 0.113. The molecule has 0 atom stereocenters. The van der Waals surface area contributed by atoms with E-state index in [0.29, 0.717) is 22.2 Å². The van der Waals surface area contributed by atoms with Gasteiger partial charge in [0.2, 0.25) is 0 Å². The fourth-order valence-electron chi connectivity index (χ4n) is 1.76. The fourth-order valence-corrected chi connectivity index (χ4v) is 2.79. The van der Waals surface area contributed by atoms with Gasteiger partial charge in [0.15, 0.2) is 6.61 Å². The number of likely N-dealkylation sites (N-methyl/N-ethyl adjacent to an activating group) is 1. The van der Waals surface area contributed by atoms with E-state index in [9.17, 15) is 9.59 Å². The van der Waals surface area contributed by atoms with Crippen molar-refractivity contribution < 1.29 is 14.3 Å². The quantitative estimate of drug-likeness (QED) is 0.869. The molecular weight excluding hydrogens is 336 g/mol. The van der Waals surface area contributed by atoms with Crippen LogP contribution in [0.25, 0.3) is 0 Å². The third-order valence-corrected chi connectivity index (χ3v) is 4.26. The van der Waals surface area contributed by atoms with Gasteiger partial charge in [-0.25, -0.2) is 0 Å². The van der Waals surface area contributed by atoms with E-state index < -0.39 is 0 Å². The summed E-state index contributed by atoms with van der Waals surface area (Å²) in [5.74, 6) is -0.0553. The zero-order valence-electron chi connectivity index (χ0n) is 12.8. The van der Waals surface area contributed by atoms with Crippen LogP contribution in [0.3, 0.4) is 0 Å². The van der Waals surface area contributed by atoms with E-state index in [-0.39, 0.29) is 18.4 Å². The Labute approximate surface area is 143 Å². The Morgan fingerprint density at radius 3 is 2.61 bits per heavy atom. The van der Waals surface area contributed by atoms with Gasteiger partial charge in [-0.2, -0.15) is 0 Å². The van der Waals surface area contributed by atoms with Crippen LogP contribution in [0.5, 0.6) is 5.75 Å². The van der Waals surface area contributed by atoms with Crippen LogP contribution in [0.4, 0.5) is 0 Å². The molecule has 0 unspecified atom stereocenters. The van der Waals surface area contributed by atoms with Crippen molar-refractivity contribution in [2.75, 3.05) is 20.7 Å². The third kappa shape index (κ3) is 4.97. The van der Waals surface area contributed by atoms with Crippen molar-refractivity contribution in [1.29, 1.82) is 0 Å². The van der Waals surface area contributed by atoms with Crippen molar-refractivity contribution in [3.05, 3.63) is 51.2 Å². The molecule has 0 spiro atoms. The maximum absolute atomic E-state index is 12.3. The van der Waals surface area contributed by atoms with Gasteiger partial charge in [0.05, 0.1) is 16.4 Å². The molecule has 122 valence electrons. The van der Waals surface area contributed by atoms with E-state index >= 15 is 0 Å². The molecule has 0 bridgehead atoms. The lowest BCUT2D eigenvalue weighted by molar-refractivity contribution is -0.130. The van der Waals surface area contributed by atoms with Gasteiger partial charge in [-0.15, -0.1) is 11.3 Å². The van der Waals surface area contributed by atoms with Crippen LogP contribution in [-0.2, 0) is 11.3 Å². The number of ether oxygens (including phenoxy) is 1. The second-order valence-corrected chi connectivity index (χ2v) is 6.76. The minimum Gasteiger partial charge on any atom is -0.483 e. The number of halogens is 1. The number of nitrogens with zero attached hydrogens (tertiary/aromatic N) is 1. The Hall–Kier alpha value is -2.05. The number of hydrogen-bond donors (Lipinski definition) is 1. The smallest absolute Gasteiger partial charge is 0.259 e. The summed E-state index contributed by atoms with van der Waals surface area (Å²) in [4.78, 5) is 26.3. The van der Waals surface area contributed by atoms with Gasteiger partial charge in [0.25, 0.3) is 11.8 Å². The average Bonchev–Trinajstić information content (AvgIpc) is 2.96. The fraction of sp³-hybridized carbons (Fsp3) is 0.250. The second kappa shape index (κ2) is 7.99. The standard InChI is InChI=1S/C16H17ClN2O3S/c1-19(2)15(20)10-22-13-6-4-3-5-12(13)16(21)18-9-11-7-8-14(17)23-11/h3-8H,9-10H2,1-2H3,(H,18,21). The van der Waals surface area contributed by atoms with E-state index in [4.69, 9.17) is 16.3 Å². The lowest BCUT2D eigenvalue weighted by Crippen LogP contribution is -2.28. The Bertz CT molecular complexity index is 700. The number of rotatable bonds is 6. The van der Waals surface area contributed by atoms with E-state index in [2.05, 4.69) is 5.32 Å². The molecule has 1 heterocycles. The summed E-state index contributed by atoms with van der Waals surface area (Å²) in [5, 5.41) is 2.82. The number of thiophene rings is 1. The maximum Gasteiger partial charge on any atom is 0.259 e. The zero-order chi connectivity index (χ0) is 16.8. The van der Waals surface area contributed by atoms with Gasteiger partial charge >= 0.3 is 0 Å². The molecule has 0 aliphatic carbocycles. The molecule has 1 aromatic carbocycles. The van der Waals surface area contributed by atoms with Crippen LogP contribution in [0.15, 0.2) is 36.4 Å². The molecule has 0 fully saturated rings. The van der Waals surface area contributed by atoms with Gasteiger partial charge < -0.3 is 15.0 Å². The van der Waals surface area contributed by atoms with Crippen LogP contribution in [0.1, 0.15) is 15.2 Å². The normalized spacial score (nSPS) is 10.2. The topological polar surface area (TPSA) is 58.6 Å². The average molecular weight is 353 g/mol. The van der Waals surface area contributed by atoms with Crippen LogP contribution in [0, 0.1) is 0 Å². The molecule has 5 nitrogen and oxygen atoms in total. The SMILES string of the molecule is CN(C)C(=O)COc1ccccc1C(=O)NCc1ccc(Cl)s1. The molecule has 0 saturated heterocycles. The lowest BCUT2D eigenvalue weighted by atomic mass is 10.2. The van der Waals surface area contributed by atoms with E-state index in [1.54, 1.807) is 44.4 Å². The predicted octanol–water partition coefficient (Wildman–Crippen LogP) is 2.80. The second-order valence-electron chi connectivity index (χ2n) is 4.96. The first-order valence-electron chi connectivity index (χ1n) is 6.92. The number of carbonyl (C=O) groups excluding carboxylic acids is 2. The molecule has 0 aliphatic heterocycles. The molecule has 2 rings (SSSR count). The highest BCUT2D eigenvalue weighted by molar-refractivity contribution is 7.16. The molecule has 0 aliphatic rings. The largest absolute Gasteiger partial charge is 0.483 e. The highest BCUT2D eigenvalue weighted by Gasteiger charge is 2.14. The van der Waals surface area contributed by atoms with Gasteiger partial charge in [0.1, 0.15) is 5.75 Å². The summed E-state index contributed by atoms with van der Waals surface area (Å²) in [6, 6.07) is 10.5. The summed E-state index contributed by atoms with van der Waals surface area (Å²) in [7, 11) is 3.30. The number of benzene rings is 1. The number of nitrogens with one attached hydrogen (secondary N) is 1. The minimum atomic E-state index is -0.262. The van der Waals surface area contributed by atoms with E-state index in [1.165, 1.54) is 16.2 Å². The first kappa shape index (κ1) is 17.3. The summed E-state index contributed by atoms with van der Waals surface area (Å²) >= 11 is 7.28.